The maximum Gasteiger partial charge on any atom is 0.223 e. The molecule has 1 aliphatic heterocycles. The molecule has 180 valence electrons. The van der Waals surface area contributed by atoms with Crippen LogP contribution in [0.15, 0.2) is 91.3 Å². The quantitative estimate of drug-likeness (QED) is 0.283. The van der Waals surface area contributed by atoms with Crippen LogP contribution in [0, 0.1) is 0 Å². The van der Waals surface area contributed by atoms with Crippen LogP contribution in [-0.2, 0) is 6.54 Å². The van der Waals surface area contributed by atoms with Crippen LogP contribution in [0.4, 0.5) is 11.6 Å². The average Bonchev–Trinajstić information content (AvgIpc) is 3.51. The number of hydrogen-bond donors (Lipinski definition) is 2. The number of hydrogen-bond acceptors (Lipinski definition) is 5. The lowest BCUT2D eigenvalue weighted by molar-refractivity contribution is 0.328. The van der Waals surface area contributed by atoms with Crippen molar-refractivity contribution in [3.8, 4) is 16.9 Å². The van der Waals surface area contributed by atoms with Crippen LogP contribution < -0.4 is 11.1 Å². The molecule has 1 fully saturated rings. The third-order valence-electron chi connectivity index (χ3n) is 6.74. The number of nitrogen functional groups attached to an aromatic ring is 1. The van der Waals surface area contributed by atoms with Crippen molar-refractivity contribution >= 4 is 34.1 Å². The summed E-state index contributed by atoms with van der Waals surface area (Å²) in [4.78, 5) is 11.8. The molecule has 0 saturated carbocycles. The molecule has 36 heavy (non-hydrogen) atoms. The van der Waals surface area contributed by atoms with Crippen molar-refractivity contribution in [1.82, 2.24) is 19.4 Å². The second-order valence-electron chi connectivity index (χ2n) is 9.26. The summed E-state index contributed by atoms with van der Waals surface area (Å²) in [6.45, 7) is 2.86. The first-order chi connectivity index (χ1) is 17.6. The van der Waals surface area contributed by atoms with E-state index in [9.17, 15) is 0 Å². The minimum Gasteiger partial charge on any atom is -0.399 e. The predicted octanol–water partition coefficient (Wildman–Crippen LogP) is 6.01. The van der Waals surface area contributed by atoms with Crippen LogP contribution in [0.25, 0.3) is 27.8 Å². The highest BCUT2D eigenvalue weighted by molar-refractivity contribution is 6.33. The molecule has 6 nitrogen and oxygen atoms in total. The van der Waals surface area contributed by atoms with Crippen LogP contribution in [0.1, 0.15) is 12.0 Å². The fourth-order valence-corrected chi connectivity index (χ4v) is 5.15. The number of para-hydroxylation sites is 2. The molecule has 0 unspecified atom stereocenters. The molecule has 2 aromatic heterocycles. The van der Waals surface area contributed by atoms with Crippen LogP contribution in [0.5, 0.6) is 0 Å². The fraction of sp³-hybridized carbons (Fsp3) is 0.172. The van der Waals surface area contributed by atoms with Crippen molar-refractivity contribution < 1.29 is 0 Å². The molecule has 3 heterocycles. The van der Waals surface area contributed by atoms with E-state index in [-0.39, 0.29) is 6.04 Å². The first-order valence-corrected chi connectivity index (χ1v) is 12.5. The van der Waals surface area contributed by atoms with E-state index in [1.165, 1.54) is 5.56 Å². The summed E-state index contributed by atoms with van der Waals surface area (Å²) >= 11 is 6.65. The maximum atomic E-state index is 6.65. The Bertz CT molecular complexity index is 1500. The Morgan fingerprint density at radius 3 is 2.58 bits per heavy atom. The van der Waals surface area contributed by atoms with Crippen molar-refractivity contribution in [2.24, 2.45) is 0 Å². The number of nitrogens with one attached hydrogen (secondary N) is 1. The van der Waals surface area contributed by atoms with Gasteiger partial charge in [0.05, 0.1) is 22.4 Å². The lowest BCUT2D eigenvalue weighted by atomic mass is 10.1. The summed E-state index contributed by atoms with van der Waals surface area (Å²) in [7, 11) is 0. The second kappa shape index (κ2) is 9.64. The Balaban J connectivity index is 1.25. The zero-order valence-corrected chi connectivity index (χ0v) is 20.6. The van der Waals surface area contributed by atoms with Gasteiger partial charge in [0, 0.05) is 54.2 Å². The number of nitrogens with zero attached hydrogens (tertiary/aromatic N) is 4. The zero-order valence-electron chi connectivity index (χ0n) is 19.8. The second-order valence-corrected chi connectivity index (χ2v) is 9.67. The van der Waals surface area contributed by atoms with Crippen LogP contribution in [0.2, 0.25) is 5.02 Å². The van der Waals surface area contributed by atoms with Gasteiger partial charge in [-0.05, 0) is 42.3 Å². The van der Waals surface area contributed by atoms with Gasteiger partial charge in [-0.1, -0.05) is 60.1 Å². The predicted molar refractivity (Wildman–Crippen MR) is 147 cm³/mol. The van der Waals surface area contributed by atoms with Crippen LogP contribution in [-0.4, -0.2) is 38.6 Å². The molecule has 0 radical (unpaired) electrons. The molecule has 7 heteroatoms. The number of nitrogens with two attached hydrogens (primary N) is 1. The highest BCUT2D eigenvalue weighted by atomic mass is 35.5. The molecule has 6 rings (SSSR count). The molecule has 5 aromatic rings. The topological polar surface area (TPSA) is 72.0 Å². The highest BCUT2D eigenvalue weighted by Crippen LogP contribution is 2.35. The number of rotatable bonds is 6. The Kier molecular flexibility index (Phi) is 6.05. The Hall–Kier alpha value is -3.87. The molecule has 0 amide bonds. The van der Waals surface area contributed by atoms with E-state index in [1.54, 1.807) is 6.20 Å². The normalized spacial score (nSPS) is 16.0. The number of halogens is 1. The van der Waals surface area contributed by atoms with Gasteiger partial charge in [-0.2, -0.15) is 0 Å². The summed E-state index contributed by atoms with van der Waals surface area (Å²) in [6.07, 6.45) is 4.84. The number of anilines is 2. The van der Waals surface area contributed by atoms with Crippen molar-refractivity contribution in [2.45, 2.75) is 19.0 Å². The Labute approximate surface area is 215 Å². The van der Waals surface area contributed by atoms with Crippen molar-refractivity contribution in [1.29, 1.82) is 0 Å². The standard InChI is InChI=1S/C29H27ClN6/c30-26-16-32-29(33-22-14-15-35(18-22)17-20-10-12-21(31)13-11-20)34-28(26)25-19-36(23-6-2-1-3-7-23)27-9-5-4-8-24(25)27/h1-13,16,19,22H,14-15,17-18,31H2,(H,32,33,34)/t22-/m1/s1. The molecule has 3 aromatic carbocycles. The number of likely N-dealkylation sites (tertiary alicyclic amines) is 1. The maximum absolute atomic E-state index is 6.65. The monoisotopic (exact) mass is 494 g/mol. The van der Waals surface area contributed by atoms with E-state index in [0.717, 1.165) is 59.6 Å². The summed E-state index contributed by atoms with van der Waals surface area (Å²) < 4.78 is 2.18. The lowest BCUT2D eigenvalue weighted by Crippen LogP contribution is -2.26. The van der Waals surface area contributed by atoms with Gasteiger partial charge in [0.1, 0.15) is 0 Å². The van der Waals surface area contributed by atoms with E-state index < -0.39 is 0 Å². The van der Waals surface area contributed by atoms with Gasteiger partial charge in [0.15, 0.2) is 0 Å². The van der Waals surface area contributed by atoms with Gasteiger partial charge in [-0.25, -0.2) is 9.97 Å². The zero-order chi connectivity index (χ0) is 24.5. The average molecular weight is 495 g/mol. The third-order valence-corrected chi connectivity index (χ3v) is 7.01. The first-order valence-electron chi connectivity index (χ1n) is 12.2. The minimum absolute atomic E-state index is 0.276. The molecule has 1 atom stereocenters. The molecule has 0 spiro atoms. The van der Waals surface area contributed by atoms with Gasteiger partial charge in [0.25, 0.3) is 0 Å². The highest BCUT2D eigenvalue weighted by Gasteiger charge is 2.24. The van der Waals surface area contributed by atoms with E-state index in [1.807, 2.05) is 36.4 Å². The van der Waals surface area contributed by atoms with Crippen molar-refractivity contribution in [2.75, 3.05) is 24.1 Å². The van der Waals surface area contributed by atoms with Crippen LogP contribution >= 0.6 is 11.6 Å². The van der Waals surface area contributed by atoms with Gasteiger partial charge in [-0.15, -0.1) is 0 Å². The Morgan fingerprint density at radius 1 is 0.972 bits per heavy atom. The molecule has 1 saturated heterocycles. The summed E-state index contributed by atoms with van der Waals surface area (Å²) in [5, 5.41) is 5.18. The smallest absolute Gasteiger partial charge is 0.223 e. The largest absolute Gasteiger partial charge is 0.399 e. The number of fused-ring (bicyclic) bond motifs is 1. The van der Waals surface area contributed by atoms with Crippen molar-refractivity contribution in [3.63, 3.8) is 0 Å². The first kappa shape index (κ1) is 22.6. The number of aromatic nitrogens is 3. The molecule has 0 aliphatic carbocycles. The van der Waals surface area contributed by atoms with Gasteiger partial charge >= 0.3 is 0 Å². The molecular formula is C29H27ClN6. The van der Waals surface area contributed by atoms with Crippen LogP contribution in [0.3, 0.4) is 0 Å². The lowest BCUT2D eigenvalue weighted by Gasteiger charge is -2.17. The minimum atomic E-state index is 0.276. The van der Waals surface area contributed by atoms with Gasteiger partial charge in [-0.3, -0.25) is 4.90 Å². The number of benzene rings is 3. The van der Waals surface area contributed by atoms with E-state index >= 15 is 0 Å². The SMILES string of the molecule is Nc1ccc(CN2CC[C@@H](Nc3ncc(Cl)c(-c4cn(-c5ccccc5)c5ccccc45)n3)C2)cc1. The molecule has 0 bridgehead atoms. The van der Waals surface area contributed by atoms with Gasteiger partial charge in [0.2, 0.25) is 5.95 Å². The summed E-state index contributed by atoms with van der Waals surface area (Å²) in [6, 6.07) is 27.0. The van der Waals surface area contributed by atoms with E-state index in [4.69, 9.17) is 22.3 Å². The summed E-state index contributed by atoms with van der Waals surface area (Å²) in [5.74, 6) is 0.602. The Morgan fingerprint density at radius 2 is 1.75 bits per heavy atom. The van der Waals surface area contributed by atoms with E-state index in [0.29, 0.717) is 11.0 Å². The fourth-order valence-electron chi connectivity index (χ4n) is 4.95. The molecule has 3 N–H and O–H groups in total. The van der Waals surface area contributed by atoms with Crippen molar-refractivity contribution in [3.05, 3.63) is 102 Å². The molecular weight excluding hydrogens is 468 g/mol. The third kappa shape index (κ3) is 4.53. The van der Waals surface area contributed by atoms with E-state index in [2.05, 4.69) is 68.4 Å². The molecule has 1 aliphatic rings. The summed E-state index contributed by atoms with van der Waals surface area (Å²) in [5.41, 5.74) is 11.8. The van der Waals surface area contributed by atoms with Gasteiger partial charge < -0.3 is 15.6 Å².